The van der Waals surface area contributed by atoms with Crippen molar-refractivity contribution in [3.8, 4) is 5.88 Å². The lowest BCUT2D eigenvalue weighted by atomic mass is 10.2. The Labute approximate surface area is 113 Å². The summed E-state index contributed by atoms with van der Waals surface area (Å²) in [5, 5.41) is 4.49. The first-order valence-corrected chi connectivity index (χ1v) is 6.12. The highest BCUT2D eigenvalue weighted by Crippen LogP contribution is 2.31. The minimum atomic E-state index is 0. The average Bonchev–Trinajstić information content (AvgIpc) is 2.84. The van der Waals surface area contributed by atoms with E-state index in [2.05, 4.69) is 11.2 Å². The standard InChI is InChI=1S/C13H17N3O.ClH/c1-8(2)17-13-12(14)11-7-6-9-4-3-5-10(9)16(11)15-13;/h6-8H,3-5,14H2,1-2H3;1H. The van der Waals surface area contributed by atoms with Crippen LogP contribution in [0.25, 0.3) is 5.52 Å². The number of rotatable bonds is 2. The second kappa shape index (κ2) is 4.69. The van der Waals surface area contributed by atoms with Crippen LogP contribution >= 0.6 is 12.4 Å². The number of nitrogens with zero attached hydrogens (tertiary/aromatic N) is 2. The van der Waals surface area contributed by atoms with E-state index >= 15 is 0 Å². The molecule has 0 unspecified atom stereocenters. The predicted molar refractivity (Wildman–Crippen MR) is 74.6 cm³/mol. The third-order valence-corrected chi connectivity index (χ3v) is 3.20. The van der Waals surface area contributed by atoms with Crippen LogP contribution < -0.4 is 10.5 Å². The molecule has 0 aromatic carbocycles. The van der Waals surface area contributed by atoms with Gasteiger partial charge in [0, 0.05) is 5.69 Å². The number of nitrogen functional groups attached to an aromatic ring is 1. The number of hydrogen-bond acceptors (Lipinski definition) is 3. The summed E-state index contributed by atoms with van der Waals surface area (Å²) in [6, 6.07) is 4.20. The highest BCUT2D eigenvalue weighted by atomic mass is 35.5. The Hall–Kier alpha value is -1.42. The Morgan fingerprint density at radius 2 is 2.11 bits per heavy atom. The summed E-state index contributed by atoms with van der Waals surface area (Å²) >= 11 is 0. The normalized spacial score (nSPS) is 13.7. The Kier molecular flexibility index (Phi) is 3.39. The van der Waals surface area contributed by atoms with Crippen LogP contribution in [0.15, 0.2) is 12.1 Å². The molecular formula is C13H18ClN3O. The molecular weight excluding hydrogens is 250 g/mol. The predicted octanol–water partition coefficient (Wildman–Crippen LogP) is 2.61. The van der Waals surface area contributed by atoms with Gasteiger partial charge in [0.1, 0.15) is 5.69 Å². The maximum atomic E-state index is 6.07. The quantitative estimate of drug-likeness (QED) is 0.910. The van der Waals surface area contributed by atoms with E-state index in [9.17, 15) is 0 Å². The van der Waals surface area contributed by atoms with Gasteiger partial charge in [0.2, 0.25) is 0 Å². The molecule has 2 aromatic heterocycles. The van der Waals surface area contributed by atoms with Crippen molar-refractivity contribution < 1.29 is 4.74 Å². The highest BCUT2D eigenvalue weighted by Gasteiger charge is 2.19. The van der Waals surface area contributed by atoms with Crippen LogP contribution in [-0.2, 0) is 12.8 Å². The number of aromatic nitrogens is 2. The first-order valence-electron chi connectivity index (χ1n) is 6.12. The van der Waals surface area contributed by atoms with Gasteiger partial charge in [-0.3, -0.25) is 0 Å². The van der Waals surface area contributed by atoms with Crippen molar-refractivity contribution in [2.24, 2.45) is 0 Å². The lowest BCUT2D eigenvalue weighted by Crippen LogP contribution is -2.07. The van der Waals surface area contributed by atoms with Gasteiger partial charge in [-0.1, -0.05) is 6.07 Å². The van der Waals surface area contributed by atoms with E-state index in [1.54, 1.807) is 0 Å². The van der Waals surface area contributed by atoms with Crippen molar-refractivity contribution in [3.05, 3.63) is 23.4 Å². The molecule has 0 fully saturated rings. The van der Waals surface area contributed by atoms with Gasteiger partial charge in [0.25, 0.3) is 5.88 Å². The van der Waals surface area contributed by atoms with Gasteiger partial charge in [-0.2, -0.15) is 0 Å². The summed E-state index contributed by atoms with van der Waals surface area (Å²) in [6.45, 7) is 3.96. The molecule has 2 aromatic rings. The third kappa shape index (κ3) is 1.90. The minimum Gasteiger partial charge on any atom is -0.472 e. The lowest BCUT2D eigenvalue weighted by molar-refractivity contribution is 0.233. The average molecular weight is 268 g/mol. The molecule has 0 radical (unpaired) electrons. The lowest BCUT2D eigenvalue weighted by Gasteiger charge is -2.05. The van der Waals surface area contributed by atoms with Gasteiger partial charge in [-0.05, 0) is 44.7 Å². The molecule has 2 N–H and O–H groups in total. The highest BCUT2D eigenvalue weighted by molar-refractivity contribution is 5.85. The van der Waals surface area contributed by atoms with E-state index in [0.29, 0.717) is 11.6 Å². The first kappa shape index (κ1) is 13.0. The van der Waals surface area contributed by atoms with Crippen molar-refractivity contribution >= 4 is 23.6 Å². The van der Waals surface area contributed by atoms with Crippen molar-refractivity contribution in [1.29, 1.82) is 0 Å². The Morgan fingerprint density at radius 3 is 2.83 bits per heavy atom. The first-order chi connectivity index (χ1) is 8.16. The summed E-state index contributed by atoms with van der Waals surface area (Å²) < 4.78 is 7.59. The van der Waals surface area contributed by atoms with Crippen molar-refractivity contribution in [2.75, 3.05) is 5.73 Å². The molecule has 18 heavy (non-hydrogen) atoms. The Bertz CT molecular complexity index is 577. The summed E-state index contributed by atoms with van der Waals surface area (Å²) in [5.41, 5.74) is 10.3. The second-order valence-corrected chi connectivity index (χ2v) is 4.84. The fraction of sp³-hybridized carbons (Fsp3) is 0.462. The largest absolute Gasteiger partial charge is 0.472 e. The van der Waals surface area contributed by atoms with Crippen LogP contribution in [0.1, 0.15) is 31.5 Å². The molecule has 4 nitrogen and oxygen atoms in total. The number of halogens is 1. The van der Waals surface area contributed by atoms with Crippen LogP contribution in [0.3, 0.4) is 0 Å². The van der Waals surface area contributed by atoms with Gasteiger partial charge in [-0.15, -0.1) is 17.5 Å². The second-order valence-electron chi connectivity index (χ2n) is 4.84. The van der Waals surface area contributed by atoms with Crippen molar-refractivity contribution in [3.63, 3.8) is 0 Å². The molecule has 1 aliphatic carbocycles. The van der Waals surface area contributed by atoms with Crippen LogP contribution in [0.4, 0.5) is 5.69 Å². The van der Waals surface area contributed by atoms with E-state index < -0.39 is 0 Å². The van der Waals surface area contributed by atoms with Gasteiger partial charge in [-0.25, -0.2) is 4.52 Å². The molecule has 0 amide bonds. The van der Waals surface area contributed by atoms with E-state index in [-0.39, 0.29) is 18.5 Å². The van der Waals surface area contributed by atoms with Crippen molar-refractivity contribution in [1.82, 2.24) is 9.61 Å². The SMILES string of the molecule is CC(C)Oc1nn2c3c(ccc2c1N)CCC3.Cl. The Morgan fingerprint density at radius 1 is 1.33 bits per heavy atom. The van der Waals surface area contributed by atoms with Gasteiger partial charge >= 0.3 is 0 Å². The number of anilines is 1. The number of ether oxygens (including phenoxy) is 1. The molecule has 2 heterocycles. The Balaban J connectivity index is 0.00000120. The van der Waals surface area contributed by atoms with E-state index in [0.717, 1.165) is 18.4 Å². The number of pyridine rings is 1. The molecule has 5 heteroatoms. The third-order valence-electron chi connectivity index (χ3n) is 3.20. The zero-order valence-electron chi connectivity index (χ0n) is 10.6. The van der Waals surface area contributed by atoms with Crippen LogP contribution in [-0.4, -0.2) is 15.7 Å². The maximum Gasteiger partial charge on any atom is 0.257 e. The van der Waals surface area contributed by atoms with Crippen LogP contribution in [0, 0.1) is 0 Å². The maximum absolute atomic E-state index is 6.07. The van der Waals surface area contributed by atoms with E-state index in [1.807, 2.05) is 24.4 Å². The van der Waals surface area contributed by atoms with Crippen LogP contribution in [0.5, 0.6) is 5.88 Å². The molecule has 0 saturated carbocycles. The monoisotopic (exact) mass is 267 g/mol. The minimum absolute atomic E-state index is 0. The fourth-order valence-electron chi connectivity index (χ4n) is 2.45. The molecule has 1 aliphatic rings. The summed E-state index contributed by atoms with van der Waals surface area (Å²) in [6.07, 6.45) is 3.52. The van der Waals surface area contributed by atoms with Gasteiger partial charge in [0.15, 0.2) is 0 Å². The molecule has 0 aliphatic heterocycles. The van der Waals surface area contributed by atoms with Crippen LogP contribution in [0.2, 0.25) is 0 Å². The molecule has 0 bridgehead atoms. The van der Waals surface area contributed by atoms with E-state index in [1.165, 1.54) is 17.7 Å². The number of hydrogen-bond donors (Lipinski definition) is 1. The van der Waals surface area contributed by atoms with Gasteiger partial charge in [0.05, 0.1) is 11.6 Å². The molecule has 0 atom stereocenters. The summed E-state index contributed by atoms with van der Waals surface area (Å²) in [4.78, 5) is 0. The molecule has 3 rings (SSSR count). The number of fused-ring (bicyclic) bond motifs is 3. The zero-order valence-corrected chi connectivity index (χ0v) is 11.5. The summed E-state index contributed by atoms with van der Waals surface area (Å²) in [7, 11) is 0. The molecule has 98 valence electrons. The van der Waals surface area contributed by atoms with Gasteiger partial charge < -0.3 is 10.5 Å². The topological polar surface area (TPSA) is 52.5 Å². The fourth-order valence-corrected chi connectivity index (χ4v) is 2.45. The van der Waals surface area contributed by atoms with Crippen molar-refractivity contribution in [2.45, 2.75) is 39.2 Å². The summed E-state index contributed by atoms with van der Waals surface area (Å²) in [5.74, 6) is 0.556. The molecule has 0 saturated heterocycles. The zero-order chi connectivity index (χ0) is 12.0. The number of aryl methyl sites for hydroxylation is 2. The van der Waals surface area contributed by atoms with E-state index in [4.69, 9.17) is 10.5 Å². The smallest absolute Gasteiger partial charge is 0.257 e. The molecule has 0 spiro atoms. The number of nitrogens with two attached hydrogens (primary N) is 1.